The van der Waals surface area contributed by atoms with Crippen molar-refractivity contribution in [3.05, 3.63) is 12.7 Å². The van der Waals surface area contributed by atoms with Crippen LogP contribution in [-0.2, 0) is 10.3 Å². The largest absolute Gasteiger partial charge is 0.353 e. The highest BCUT2D eigenvalue weighted by molar-refractivity contribution is 5.83. The van der Waals surface area contributed by atoms with Crippen LogP contribution in [0.15, 0.2) is 12.7 Å². The van der Waals surface area contributed by atoms with Crippen molar-refractivity contribution in [2.24, 2.45) is 40.4 Å². The van der Waals surface area contributed by atoms with Crippen LogP contribution in [0.1, 0.15) is 84.0 Å². The van der Waals surface area contributed by atoms with Gasteiger partial charge in [-0.2, -0.15) is 5.10 Å². The maximum atomic E-state index is 14.0. The van der Waals surface area contributed by atoms with Gasteiger partial charge in [0.25, 0.3) is 0 Å². The van der Waals surface area contributed by atoms with Crippen LogP contribution >= 0.6 is 0 Å². The Morgan fingerprint density at radius 3 is 2.10 bits per heavy atom. The van der Waals surface area contributed by atoms with Crippen LogP contribution in [0.2, 0.25) is 0 Å². The summed E-state index contributed by atoms with van der Waals surface area (Å²) in [5, 5.41) is 8.23. The van der Waals surface area contributed by atoms with Crippen molar-refractivity contribution < 1.29 is 4.79 Å². The third-order valence-electron chi connectivity index (χ3n) is 10.8. The first kappa shape index (κ1) is 18.2. The number of nitrogens with zero attached hydrogens (tertiary/aromatic N) is 3. The van der Waals surface area contributed by atoms with Gasteiger partial charge in [0.2, 0.25) is 5.91 Å². The molecular formula is C25H36N4O. The summed E-state index contributed by atoms with van der Waals surface area (Å²) in [5.41, 5.74) is 0.241. The summed E-state index contributed by atoms with van der Waals surface area (Å²) in [6.07, 6.45) is 18.9. The molecule has 0 radical (unpaired) electrons. The lowest BCUT2D eigenvalue weighted by Crippen LogP contribution is -2.63. The molecule has 8 aliphatic carbocycles. The van der Waals surface area contributed by atoms with E-state index in [0.717, 1.165) is 37.0 Å². The first-order chi connectivity index (χ1) is 14.5. The molecular weight excluding hydrogens is 372 g/mol. The highest BCUT2D eigenvalue weighted by atomic mass is 16.2. The second kappa shape index (κ2) is 5.89. The predicted molar refractivity (Wildman–Crippen MR) is 113 cm³/mol. The zero-order valence-corrected chi connectivity index (χ0v) is 18.4. The number of nitrogens with one attached hydrogen (secondary N) is 1. The molecule has 1 amide bonds. The van der Waals surface area contributed by atoms with Crippen LogP contribution < -0.4 is 5.32 Å². The van der Waals surface area contributed by atoms with Crippen LogP contribution in [0.4, 0.5) is 0 Å². The van der Waals surface area contributed by atoms with Gasteiger partial charge < -0.3 is 5.32 Å². The van der Waals surface area contributed by atoms with E-state index in [9.17, 15) is 4.79 Å². The average Bonchev–Trinajstić information content (AvgIpc) is 3.21. The maximum Gasteiger partial charge on any atom is 0.226 e. The Kier molecular flexibility index (Phi) is 3.58. The summed E-state index contributed by atoms with van der Waals surface area (Å²) in [6.45, 7) is 2.35. The summed E-state index contributed by atoms with van der Waals surface area (Å²) in [4.78, 5) is 18.2. The summed E-state index contributed by atoms with van der Waals surface area (Å²) in [7, 11) is 0. The van der Waals surface area contributed by atoms with Crippen LogP contribution in [0, 0.1) is 40.4 Å². The van der Waals surface area contributed by atoms with E-state index in [4.69, 9.17) is 0 Å². The number of aromatic nitrogens is 3. The second-order valence-corrected chi connectivity index (χ2v) is 12.8. The zero-order chi connectivity index (χ0) is 20.1. The highest BCUT2D eigenvalue weighted by Crippen LogP contribution is 2.65. The minimum atomic E-state index is -0.174. The van der Waals surface area contributed by atoms with Gasteiger partial charge >= 0.3 is 0 Å². The molecule has 5 heteroatoms. The molecule has 1 heterocycles. The van der Waals surface area contributed by atoms with E-state index < -0.39 is 0 Å². The summed E-state index contributed by atoms with van der Waals surface area (Å²) < 4.78 is 2.12. The lowest BCUT2D eigenvalue weighted by Gasteiger charge is -2.62. The monoisotopic (exact) mass is 408 g/mol. The van der Waals surface area contributed by atoms with Crippen molar-refractivity contribution in [3.8, 4) is 0 Å². The van der Waals surface area contributed by atoms with Gasteiger partial charge in [-0.25, -0.2) is 9.67 Å². The molecule has 0 saturated heterocycles. The third kappa shape index (κ3) is 2.44. The van der Waals surface area contributed by atoms with E-state index in [0.29, 0.717) is 29.2 Å². The molecule has 1 aromatic heterocycles. The van der Waals surface area contributed by atoms with Crippen molar-refractivity contribution in [1.29, 1.82) is 0 Å². The van der Waals surface area contributed by atoms with Crippen LogP contribution in [0.25, 0.3) is 0 Å². The lowest BCUT2D eigenvalue weighted by atomic mass is 9.46. The molecule has 5 nitrogen and oxygen atoms in total. The SMILES string of the molecule is C[C@H](NC(=O)C12C[C@H]3C[C@@H](C1)CC(n1cncn1)(C3)C2)C12CC3CC(CC(C3)C1)C2. The molecule has 8 saturated carbocycles. The van der Waals surface area contributed by atoms with Crippen molar-refractivity contribution >= 4 is 5.91 Å². The predicted octanol–water partition coefficient (Wildman–Crippen LogP) is 4.29. The topological polar surface area (TPSA) is 59.8 Å². The number of carbonyl (C=O) groups excluding carboxylic acids is 1. The van der Waals surface area contributed by atoms with Crippen molar-refractivity contribution in [1.82, 2.24) is 20.1 Å². The normalized spacial score (nSPS) is 51.3. The van der Waals surface area contributed by atoms with E-state index in [1.54, 1.807) is 6.33 Å². The molecule has 8 aliphatic rings. The number of hydrogen-bond donors (Lipinski definition) is 1. The Morgan fingerprint density at radius 2 is 1.53 bits per heavy atom. The molecule has 0 spiro atoms. The molecule has 9 rings (SSSR count). The maximum absolute atomic E-state index is 14.0. The lowest BCUT2D eigenvalue weighted by molar-refractivity contribution is -0.159. The van der Waals surface area contributed by atoms with Gasteiger partial charge in [-0.15, -0.1) is 0 Å². The van der Waals surface area contributed by atoms with E-state index in [-0.39, 0.29) is 11.0 Å². The van der Waals surface area contributed by atoms with Crippen LogP contribution in [-0.4, -0.2) is 26.7 Å². The molecule has 30 heavy (non-hydrogen) atoms. The van der Waals surface area contributed by atoms with Gasteiger partial charge in [0.1, 0.15) is 12.7 Å². The number of amides is 1. The average molecular weight is 409 g/mol. The minimum absolute atomic E-state index is 0.0296. The van der Waals surface area contributed by atoms with Gasteiger partial charge in [0, 0.05) is 6.04 Å². The van der Waals surface area contributed by atoms with Gasteiger partial charge in [0.15, 0.2) is 0 Å². The fourth-order valence-electron chi connectivity index (χ4n) is 10.4. The molecule has 162 valence electrons. The third-order valence-corrected chi connectivity index (χ3v) is 10.8. The Labute approximate surface area is 179 Å². The summed E-state index contributed by atoms with van der Waals surface area (Å²) in [6, 6.07) is 0.328. The summed E-state index contributed by atoms with van der Waals surface area (Å²) in [5.74, 6) is 4.54. The number of hydrogen-bond acceptors (Lipinski definition) is 3. The molecule has 8 bridgehead atoms. The van der Waals surface area contributed by atoms with Gasteiger partial charge in [-0.05, 0) is 119 Å². The van der Waals surface area contributed by atoms with Crippen LogP contribution in [0.5, 0.6) is 0 Å². The number of rotatable bonds is 4. The van der Waals surface area contributed by atoms with Gasteiger partial charge in [0.05, 0.1) is 11.0 Å². The van der Waals surface area contributed by atoms with Crippen molar-refractivity contribution in [2.45, 2.75) is 95.6 Å². The van der Waals surface area contributed by atoms with E-state index >= 15 is 0 Å². The van der Waals surface area contributed by atoms with Crippen LogP contribution in [0.3, 0.4) is 0 Å². The fraction of sp³-hybridized carbons (Fsp3) is 0.880. The van der Waals surface area contributed by atoms with E-state index in [1.165, 1.54) is 57.8 Å². The Bertz CT molecular complexity index is 811. The first-order valence-electron chi connectivity index (χ1n) is 12.6. The molecule has 2 unspecified atom stereocenters. The Morgan fingerprint density at radius 1 is 0.933 bits per heavy atom. The van der Waals surface area contributed by atoms with Gasteiger partial charge in [-0.1, -0.05) is 0 Å². The molecule has 1 aromatic rings. The zero-order valence-electron chi connectivity index (χ0n) is 18.4. The first-order valence-corrected chi connectivity index (χ1v) is 12.6. The number of carbonyl (C=O) groups is 1. The Balaban J connectivity index is 1.15. The molecule has 1 N–H and O–H groups in total. The standard InChI is InChI=1S/C25H36N4O/c1-16(23-6-17-2-18(7-23)4-19(3-17)8-23)28-22(30)24-9-20-5-21(10-24)12-25(11-20,13-24)29-15-26-14-27-29/h14-21H,2-13H2,1H3,(H,28,30)/t16-,17?,18?,19?,20-,21+,23?,24?,25?/m0/s1. The van der Waals surface area contributed by atoms with Gasteiger partial charge in [-0.3, -0.25) is 4.79 Å². The Hall–Kier alpha value is -1.39. The minimum Gasteiger partial charge on any atom is -0.353 e. The van der Waals surface area contributed by atoms with E-state index in [2.05, 4.69) is 27.0 Å². The molecule has 0 aliphatic heterocycles. The second-order valence-electron chi connectivity index (χ2n) is 12.8. The highest BCUT2D eigenvalue weighted by Gasteiger charge is 2.62. The quantitative estimate of drug-likeness (QED) is 0.808. The molecule has 5 atom stereocenters. The fourth-order valence-corrected chi connectivity index (χ4v) is 10.4. The summed E-state index contributed by atoms with van der Waals surface area (Å²) >= 11 is 0. The van der Waals surface area contributed by atoms with E-state index in [1.807, 2.05) is 6.33 Å². The smallest absolute Gasteiger partial charge is 0.226 e. The molecule has 0 aromatic carbocycles. The van der Waals surface area contributed by atoms with Crippen molar-refractivity contribution in [3.63, 3.8) is 0 Å². The van der Waals surface area contributed by atoms with Crippen molar-refractivity contribution in [2.75, 3.05) is 0 Å². The molecule has 8 fully saturated rings.